The average molecular weight is 1050 g/mol. The second kappa shape index (κ2) is 18.5. The van der Waals surface area contributed by atoms with Gasteiger partial charge in [0.05, 0.1) is 22.3 Å². The van der Waals surface area contributed by atoms with E-state index >= 15 is 0 Å². The van der Waals surface area contributed by atoms with Crippen LogP contribution in [0.25, 0.3) is 83.9 Å². The molecule has 9 aromatic rings. The van der Waals surface area contributed by atoms with E-state index in [9.17, 15) is 5.11 Å². The van der Waals surface area contributed by atoms with Crippen molar-refractivity contribution in [1.29, 1.82) is 0 Å². The van der Waals surface area contributed by atoms with Crippen LogP contribution in [0.4, 0.5) is 0 Å². The van der Waals surface area contributed by atoms with E-state index in [4.69, 9.17) is 11.3 Å². The fourth-order valence-electron chi connectivity index (χ4n) is 8.87. The van der Waals surface area contributed by atoms with Crippen LogP contribution in [0.5, 0.6) is 5.75 Å². The summed E-state index contributed by atoms with van der Waals surface area (Å²) in [7, 11) is 0. The Labute approximate surface area is 407 Å². The van der Waals surface area contributed by atoms with E-state index in [1.165, 1.54) is 5.56 Å². The second-order valence-corrected chi connectivity index (χ2v) is 19.3. The van der Waals surface area contributed by atoms with E-state index < -0.39 is 5.89 Å². The van der Waals surface area contributed by atoms with Crippen LogP contribution in [0.2, 0.25) is 0 Å². The first-order valence-corrected chi connectivity index (χ1v) is 22.8. The topological polar surface area (TPSA) is 50.9 Å². The number of phenolic OH excluding ortho intramolecular Hbond substituents is 1. The van der Waals surface area contributed by atoms with Gasteiger partial charge in [0, 0.05) is 45.5 Å². The molecule has 0 fully saturated rings. The van der Waals surface area contributed by atoms with Crippen molar-refractivity contribution in [3.63, 3.8) is 0 Å². The van der Waals surface area contributed by atoms with E-state index in [-0.39, 0.29) is 37.6 Å². The zero-order chi connectivity index (χ0) is 46.5. The van der Waals surface area contributed by atoms with Gasteiger partial charge in [0.25, 0.3) is 0 Å². The first kappa shape index (κ1) is 44.8. The number of hydrogen-bond donors (Lipinski definition) is 1. The Morgan fingerprint density at radius 2 is 1.32 bits per heavy atom. The third kappa shape index (κ3) is 8.97. The molecule has 0 aliphatic heterocycles. The maximum Gasteiger partial charge on any atom is 0.148 e. The molecule has 9 rings (SSSR count). The Hall–Kier alpha value is -6.35. The van der Waals surface area contributed by atoms with Crippen LogP contribution in [0.1, 0.15) is 91.3 Å². The fourth-order valence-corrected chi connectivity index (χ4v) is 8.87. The molecule has 0 bridgehead atoms. The number of fused-ring (bicyclic) bond motifs is 1. The van der Waals surface area contributed by atoms with Gasteiger partial charge in [-0.05, 0) is 99.3 Å². The number of para-hydroxylation sites is 1. The maximum atomic E-state index is 12.4. The summed E-state index contributed by atoms with van der Waals surface area (Å²) in [6.45, 7) is 19.2. The molecule has 2 heterocycles. The number of rotatable bonds is 10. The number of aryl methyl sites for hydroxylation is 1. The van der Waals surface area contributed by atoms with Crippen molar-refractivity contribution < 1.29 is 27.5 Å². The molecule has 0 aliphatic carbocycles. The van der Waals surface area contributed by atoms with Crippen molar-refractivity contribution >= 4 is 11.0 Å². The number of imidazole rings is 1. The normalized spacial score (nSPS) is 12.2. The van der Waals surface area contributed by atoms with Crippen molar-refractivity contribution in [3.05, 3.63) is 192 Å². The molecule has 4 nitrogen and oxygen atoms in total. The molecule has 0 unspecified atom stereocenters. The number of nitrogens with zero attached hydrogens (tertiary/aromatic N) is 3. The largest absolute Gasteiger partial charge is 0.507 e. The number of aromatic nitrogens is 3. The van der Waals surface area contributed by atoms with Gasteiger partial charge in [0.1, 0.15) is 11.6 Å². The third-order valence-corrected chi connectivity index (χ3v) is 13.1. The first-order valence-electron chi connectivity index (χ1n) is 23.3. The fraction of sp³-hybridized carbons (Fsp3) is 0.213. The predicted octanol–water partition coefficient (Wildman–Crippen LogP) is 16.3. The smallest absolute Gasteiger partial charge is 0.148 e. The van der Waals surface area contributed by atoms with E-state index in [1.54, 1.807) is 0 Å². The zero-order valence-corrected chi connectivity index (χ0v) is 41.7. The molecule has 0 aliphatic rings. The summed E-state index contributed by atoms with van der Waals surface area (Å²) in [4.78, 5) is 10.5. The minimum absolute atomic E-state index is 0. The van der Waals surface area contributed by atoms with E-state index in [1.807, 2.05) is 44.3 Å². The predicted molar refractivity (Wildman–Crippen MR) is 273 cm³/mol. The van der Waals surface area contributed by atoms with Crippen molar-refractivity contribution in [2.45, 2.75) is 85.5 Å². The molecule has 7 aromatic carbocycles. The first-order chi connectivity index (χ1) is 31.5. The summed E-state index contributed by atoms with van der Waals surface area (Å²) < 4.78 is 10.8. The van der Waals surface area contributed by atoms with Gasteiger partial charge in [-0.15, -0.1) is 23.8 Å². The van der Waals surface area contributed by atoms with E-state index in [0.717, 1.165) is 95.6 Å². The second-order valence-electron chi connectivity index (χ2n) is 19.3. The molecule has 66 heavy (non-hydrogen) atoms. The van der Waals surface area contributed by atoms with Gasteiger partial charge >= 0.3 is 0 Å². The molecular weight excluding hydrogens is 986 g/mol. The molecular formula is C61H58N3OPt-. The van der Waals surface area contributed by atoms with Crippen LogP contribution >= 0.6 is 0 Å². The minimum atomic E-state index is -0.679. The number of benzene rings is 7. The zero-order valence-electron chi connectivity index (χ0n) is 40.4. The molecule has 5 heteroatoms. The summed E-state index contributed by atoms with van der Waals surface area (Å²) in [6.07, 6.45) is 2.86. The van der Waals surface area contributed by atoms with Crippen LogP contribution in [-0.4, -0.2) is 19.6 Å². The van der Waals surface area contributed by atoms with Gasteiger partial charge in [0.2, 0.25) is 0 Å². The molecule has 334 valence electrons. The quantitative estimate of drug-likeness (QED) is 0.139. The Balaban J connectivity index is 0.00000608. The van der Waals surface area contributed by atoms with E-state index in [2.05, 4.69) is 193 Å². The number of pyridine rings is 1. The van der Waals surface area contributed by atoms with Crippen molar-refractivity contribution in [1.82, 2.24) is 14.5 Å². The van der Waals surface area contributed by atoms with Crippen LogP contribution < -0.4 is 0 Å². The van der Waals surface area contributed by atoms with Crippen LogP contribution in [-0.2, 0) is 31.9 Å². The Kier molecular flexibility index (Phi) is 12.6. The van der Waals surface area contributed by atoms with Crippen molar-refractivity contribution in [2.24, 2.45) is 0 Å². The van der Waals surface area contributed by atoms with Crippen LogP contribution in [0.3, 0.4) is 0 Å². The molecule has 0 saturated heterocycles. The molecule has 1 N–H and O–H groups in total. The van der Waals surface area contributed by atoms with Gasteiger partial charge in [0.15, 0.2) is 0 Å². The maximum absolute atomic E-state index is 12.4. The summed E-state index contributed by atoms with van der Waals surface area (Å²) in [5.41, 5.74) is 17.1. The minimum Gasteiger partial charge on any atom is -0.507 e. The Bertz CT molecular complexity index is 3230. The van der Waals surface area contributed by atoms with E-state index in [0.29, 0.717) is 11.4 Å². The molecule has 0 spiro atoms. The number of aromatic hydroxyl groups is 1. The van der Waals surface area contributed by atoms with Crippen molar-refractivity contribution in [3.8, 4) is 78.6 Å². The van der Waals surface area contributed by atoms with Gasteiger partial charge < -0.3 is 5.11 Å². The van der Waals surface area contributed by atoms with Gasteiger partial charge in [-0.1, -0.05) is 187 Å². The number of phenols is 1. The molecule has 2 aromatic heterocycles. The summed E-state index contributed by atoms with van der Waals surface area (Å²) in [5.74, 6) is 0.221. The molecule has 0 radical (unpaired) electrons. The molecule has 0 saturated carbocycles. The molecule has 0 atom stereocenters. The number of hydrogen-bond acceptors (Lipinski definition) is 3. The van der Waals surface area contributed by atoms with Crippen LogP contribution in [0.15, 0.2) is 164 Å². The SMILES string of the molecule is [2H]C(C)(C)c1ccc(-c2ccnc(-c3[c-]c(-c4cccc5c4nc(-c4cc(C)cc(C(C)(C)C)c4O)n5-c4ccc(C(C)(C)CC)cc4-c4ccccc4)cc(-c4ccccc4)c3)c2)cc1.[Pt]. The standard InChI is InChI=1S/C61H58N3O.Pt/c1-10-61(8,9)49-28-29-55(51(38-49)44-20-15-12-16-21-44)64-56-23-17-22-50(57(56)63-59(64)52-32-40(4)33-53(58(52)65)60(5,6)7)47-34-46(42-18-13-11-14-19-42)35-48(36-47)54-37-45(30-31-62-54)43-26-24-41(25-27-43)39(2)3;/h11-35,37-39,65H,10H2,1-9H3;/q-1;/i39D;. The van der Waals surface area contributed by atoms with Crippen LogP contribution in [0, 0.1) is 13.0 Å². The molecule has 0 amide bonds. The van der Waals surface area contributed by atoms with Gasteiger partial charge in [-0.2, -0.15) is 0 Å². The Morgan fingerprint density at radius 1 is 0.652 bits per heavy atom. The summed E-state index contributed by atoms with van der Waals surface area (Å²) in [6, 6.07) is 59.1. The third-order valence-electron chi connectivity index (χ3n) is 13.1. The van der Waals surface area contributed by atoms with Crippen molar-refractivity contribution in [2.75, 3.05) is 0 Å². The average Bonchev–Trinajstić information content (AvgIpc) is 3.71. The monoisotopic (exact) mass is 1040 g/mol. The Morgan fingerprint density at radius 3 is 1.98 bits per heavy atom. The summed E-state index contributed by atoms with van der Waals surface area (Å²) in [5, 5.41) is 12.4. The van der Waals surface area contributed by atoms with Gasteiger partial charge in [-0.3, -0.25) is 9.55 Å². The van der Waals surface area contributed by atoms with Gasteiger partial charge in [-0.25, -0.2) is 4.98 Å². The summed E-state index contributed by atoms with van der Waals surface area (Å²) >= 11 is 0.